The summed E-state index contributed by atoms with van der Waals surface area (Å²) in [6.07, 6.45) is 1.14. The number of rotatable bonds is 9. The zero-order chi connectivity index (χ0) is 19.0. The zero-order valence-electron chi connectivity index (χ0n) is 14.8. The van der Waals surface area contributed by atoms with E-state index in [0.29, 0.717) is 25.2 Å². The third-order valence-corrected chi connectivity index (χ3v) is 3.93. The van der Waals surface area contributed by atoms with E-state index >= 15 is 0 Å². The number of halogens is 4. The van der Waals surface area contributed by atoms with Gasteiger partial charge in [0.05, 0.1) is 5.69 Å². The number of hydrogen-bond donors (Lipinski definition) is 2. The predicted molar refractivity (Wildman–Crippen MR) is 99.8 cm³/mol. The van der Waals surface area contributed by atoms with Crippen LogP contribution in [0.1, 0.15) is 43.4 Å². The highest BCUT2D eigenvalue weighted by Crippen LogP contribution is 2.27. The first kappa shape index (κ1) is 23.0. The first-order chi connectivity index (χ1) is 12.4. The minimum Gasteiger partial charge on any atom is -0.352 e. The molecule has 2 rings (SSSR count). The van der Waals surface area contributed by atoms with Crippen LogP contribution in [0.15, 0.2) is 36.5 Å². The fraction of sp³-hybridized carbons (Fsp3) is 0.444. The summed E-state index contributed by atoms with van der Waals surface area (Å²) in [5.41, 5.74) is 5.88. The SMILES string of the molecule is Cl.NCCCCCCC(=O)NCc1ccc(-n2ccc(C(F)(F)F)n2)cc1. The summed E-state index contributed by atoms with van der Waals surface area (Å²) < 4.78 is 38.9. The molecular formula is C18H24ClF3N4O. The predicted octanol–water partition coefficient (Wildman–Crippen LogP) is 3.84. The van der Waals surface area contributed by atoms with Crippen LogP contribution in [0.5, 0.6) is 0 Å². The summed E-state index contributed by atoms with van der Waals surface area (Å²) in [6.45, 7) is 1.06. The molecule has 1 aromatic carbocycles. The molecule has 0 saturated heterocycles. The van der Waals surface area contributed by atoms with Gasteiger partial charge in [0.25, 0.3) is 0 Å². The molecule has 1 heterocycles. The van der Waals surface area contributed by atoms with E-state index in [1.54, 1.807) is 24.3 Å². The van der Waals surface area contributed by atoms with Gasteiger partial charge in [-0.25, -0.2) is 4.68 Å². The molecule has 0 aliphatic rings. The second-order valence-electron chi connectivity index (χ2n) is 6.04. The third-order valence-electron chi connectivity index (χ3n) is 3.93. The fourth-order valence-corrected chi connectivity index (χ4v) is 2.46. The number of benzene rings is 1. The Labute approximate surface area is 162 Å². The van der Waals surface area contributed by atoms with Crippen molar-refractivity contribution >= 4 is 18.3 Å². The number of unbranched alkanes of at least 4 members (excludes halogenated alkanes) is 3. The Hall–Kier alpha value is -2.06. The molecule has 150 valence electrons. The van der Waals surface area contributed by atoms with E-state index in [1.807, 2.05) is 0 Å². The molecule has 0 aliphatic carbocycles. The lowest BCUT2D eigenvalue weighted by Gasteiger charge is -2.07. The lowest BCUT2D eigenvalue weighted by molar-refractivity contribution is -0.141. The molecule has 0 radical (unpaired) electrons. The summed E-state index contributed by atoms with van der Waals surface area (Å²) in [7, 11) is 0. The molecule has 0 unspecified atom stereocenters. The maximum absolute atomic E-state index is 12.6. The van der Waals surface area contributed by atoms with Gasteiger partial charge < -0.3 is 11.1 Å². The van der Waals surface area contributed by atoms with Gasteiger partial charge in [-0.1, -0.05) is 25.0 Å². The second kappa shape index (κ2) is 10.9. The highest BCUT2D eigenvalue weighted by atomic mass is 35.5. The normalized spacial score (nSPS) is 11.1. The highest BCUT2D eigenvalue weighted by molar-refractivity contribution is 5.85. The quantitative estimate of drug-likeness (QED) is 0.624. The number of carbonyl (C=O) groups excluding carboxylic acids is 1. The van der Waals surface area contributed by atoms with Gasteiger partial charge in [-0.2, -0.15) is 18.3 Å². The Kier molecular flexibility index (Phi) is 9.31. The Bertz CT molecular complexity index is 701. The minimum absolute atomic E-state index is 0. The standard InChI is InChI=1S/C18H23F3N4O.ClH/c19-18(20,21)16-10-12-25(24-16)15-8-6-14(7-9-15)13-23-17(26)5-3-1-2-4-11-22;/h6-10,12H,1-5,11,13,22H2,(H,23,26);1H. The van der Waals surface area contributed by atoms with Crippen molar-refractivity contribution in [3.05, 3.63) is 47.8 Å². The molecule has 3 N–H and O–H groups in total. The van der Waals surface area contributed by atoms with Crippen LogP contribution in [0, 0.1) is 0 Å². The Balaban J connectivity index is 0.00000364. The maximum atomic E-state index is 12.6. The van der Waals surface area contributed by atoms with Gasteiger partial charge in [0.2, 0.25) is 5.91 Å². The number of nitrogens with two attached hydrogens (primary N) is 1. The average Bonchev–Trinajstić information content (AvgIpc) is 3.11. The fourth-order valence-electron chi connectivity index (χ4n) is 2.46. The monoisotopic (exact) mass is 404 g/mol. The van der Waals surface area contributed by atoms with E-state index in [1.165, 1.54) is 10.9 Å². The van der Waals surface area contributed by atoms with E-state index < -0.39 is 11.9 Å². The van der Waals surface area contributed by atoms with Crippen molar-refractivity contribution in [2.45, 2.75) is 44.8 Å². The molecule has 5 nitrogen and oxygen atoms in total. The number of nitrogens with one attached hydrogen (secondary N) is 1. The van der Waals surface area contributed by atoms with Gasteiger partial charge in [0.1, 0.15) is 0 Å². The van der Waals surface area contributed by atoms with Crippen molar-refractivity contribution in [1.29, 1.82) is 0 Å². The lowest BCUT2D eigenvalue weighted by atomic mass is 10.1. The number of carbonyl (C=O) groups is 1. The average molecular weight is 405 g/mol. The van der Waals surface area contributed by atoms with Crippen molar-refractivity contribution in [2.24, 2.45) is 5.73 Å². The smallest absolute Gasteiger partial charge is 0.352 e. The summed E-state index contributed by atoms with van der Waals surface area (Å²) in [5.74, 6) is -0.0104. The number of aromatic nitrogens is 2. The second-order valence-corrected chi connectivity index (χ2v) is 6.04. The van der Waals surface area contributed by atoms with Crippen LogP contribution in [0.4, 0.5) is 13.2 Å². The van der Waals surface area contributed by atoms with E-state index in [9.17, 15) is 18.0 Å². The topological polar surface area (TPSA) is 72.9 Å². The van der Waals surface area contributed by atoms with E-state index in [-0.39, 0.29) is 18.3 Å². The summed E-state index contributed by atoms with van der Waals surface area (Å²) >= 11 is 0. The molecule has 1 aromatic heterocycles. The van der Waals surface area contributed by atoms with Crippen LogP contribution in [-0.4, -0.2) is 22.2 Å². The van der Waals surface area contributed by atoms with Gasteiger partial charge >= 0.3 is 6.18 Å². The summed E-state index contributed by atoms with van der Waals surface area (Å²) in [4.78, 5) is 11.8. The molecule has 0 aliphatic heterocycles. The van der Waals surface area contributed by atoms with Crippen molar-refractivity contribution in [3.63, 3.8) is 0 Å². The Morgan fingerprint density at radius 1 is 1.07 bits per heavy atom. The van der Waals surface area contributed by atoms with E-state index in [0.717, 1.165) is 37.3 Å². The number of nitrogens with zero attached hydrogens (tertiary/aromatic N) is 2. The molecular weight excluding hydrogens is 381 g/mol. The van der Waals surface area contributed by atoms with Crippen molar-refractivity contribution in [3.8, 4) is 5.69 Å². The van der Waals surface area contributed by atoms with Crippen molar-refractivity contribution in [2.75, 3.05) is 6.54 Å². The molecule has 0 atom stereocenters. The zero-order valence-corrected chi connectivity index (χ0v) is 15.7. The lowest BCUT2D eigenvalue weighted by Crippen LogP contribution is -2.22. The maximum Gasteiger partial charge on any atom is 0.435 e. The molecule has 0 saturated carbocycles. The molecule has 2 aromatic rings. The van der Waals surface area contributed by atoms with Gasteiger partial charge in [-0.3, -0.25) is 4.79 Å². The largest absolute Gasteiger partial charge is 0.435 e. The number of hydrogen-bond acceptors (Lipinski definition) is 3. The van der Waals surface area contributed by atoms with Gasteiger partial charge in [0, 0.05) is 19.2 Å². The van der Waals surface area contributed by atoms with Crippen LogP contribution >= 0.6 is 12.4 Å². The minimum atomic E-state index is -4.46. The Morgan fingerprint density at radius 3 is 2.33 bits per heavy atom. The van der Waals surface area contributed by atoms with E-state index in [2.05, 4.69) is 10.4 Å². The molecule has 27 heavy (non-hydrogen) atoms. The van der Waals surface area contributed by atoms with Crippen molar-refractivity contribution < 1.29 is 18.0 Å². The third kappa shape index (κ3) is 7.60. The van der Waals surface area contributed by atoms with Crippen LogP contribution in [0.25, 0.3) is 5.69 Å². The van der Waals surface area contributed by atoms with Crippen LogP contribution in [0.2, 0.25) is 0 Å². The van der Waals surface area contributed by atoms with Crippen molar-refractivity contribution in [1.82, 2.24) is 15.1 Å². The summed E-state index contributed by atoms with van der Waals surface area (Å²) in [5, 5.41) is 6.36. The van der Waals surface area contributed by atoms with E-state index in [4.69, 9.17) is 5.73 Å². The first-order valence-corrected chi connectivity index (χ1v) is 8.59. The molecule has 0 spiro atoms. The summed E-state index contributed by atoms with van der Waals surface area (Å²) in [6, 6.07) is 7.78. The van der Waals surface area contributed by atoms with Crippen LogP contribution in [0.3, 0.4) is 0 Å². The first-order valence-electron chi connectivity index (χ1n) is 8.59. The Morgan fingerprint density at radius 2 is 1.74 bits per heavy atom. The molecule has 0 fully saturated rings. The number of alkyl halides is 3. The molecule has 1 amide bonds. The van der Waals surface area contributed by atoms with Crippen LogP contribution in [-0.2, 0) is 17.5 Å². The molecule has 9 heteroatoms. The van der Waals surface area contributed by atoms with Crippen LogP contribution < -0.4 is 11.1 Å². The van der Waals surface area contributed by atoms with Gasteiger partial charge in [0.15, 0.2) is 5.69 Å². The highest BCUT2D eigenvalue weighted by Gasteiger charge is 2.33. The van der Waals surface area contributed by atoms with Gasteiger partial charge in [-0.05, 0) is 43.1 Å². The van der Waals surface area contributed by atoms with Gasteiger partial charge in [-0.15, -0.1) is 12.4 Å². The number of amides is 1. The molecule has 0 bridgehead atoms.